The first kappa shape index (κ1) is 15.8. The van der Waals surface area contributed by atoms with Gasteiger partial charge in [-0.1, -0.05) is 12.1 Å². The fourth-order valence-corrected chi connectivity index (χ4v) is 1.90. The first-order valence-electron chi connectivity index (χ1n) is 6.82. The van der Waals surface area contributed by atoms with Gasteiger partial charge in [0.25, 0.3) is 5.91 Å². The molecule has 0 aliphatic heterocycles. The Morgan fingerprint density at radius 3 is 2.82 bits per heavy atom. The van der Waals surface area contributed by atoms with E-state index in [1.54, 1.807) is 20.1 Å². The molecule has 0 unspecified atom stereocenters. The third kappa shape index (κ3) is 4.20. The van der Waals surface area contributed by atoms with Crippen molar-refractivity contribution in [3.05, 3.63) is 54.0 Å². The molecule has 0 bridgehead atoms. The van der Waals surface area contributed by atoms with Gasteiger partial charge in [-0.05, 0) is 30.7 Å². The monoisotopic (exact) mass is 302 g/mol. The molecule has 0 spiro atoms. The highest BCUT2D eigenvalue weighted by Gasteiger charge is 2.17. The van der Waals surface area contributed by atoms with E-state index in [1.807, 2.05) is 18.2 Å². The molecule has 6 heteroatoms. The molecule has 116 valence electrons. The van der Waals surface area contributed by atoms with E-state index in [2.05, 4.69) is 10.6 Å². The van der Waals surface area contributed by atoms with Crippen molar-refractivity contribution in [1.82, 2.24) is 5.32 Å². The molecular formula is C16H18N2O4. The van der Waals surface area contributed by atoms with Gasteiger partial charge < -0.3 is 19.8 Å². The Hall–Kier alpha value is -2.60. The van der Waals surface area contributed by atoms with Crippen LogP contribution in [0, 0.1) is 0 Å². The van der Waals surface area contributed by atoms with Gasteiger partial charge in [-0.3, -0.25) is 9.59 Å². The average Bonchev–Trinajstić information content (AvgIpc) is 3.02. The maximum absolute atomic E-state index is 12.1. The first-order valence-corrected chi connectivity index (χ1v) is 6.82. The Labute approximate surface area is 128 Å². The van der Waals surface area contributed by atoms with Crippen molar-refractivity contribution in [2.24, 2.45) is 0 Å². The van der Waals surface area contributed by atoms with Gasteiger partial charge in [-0.25, -0.2) is 0 Å². The van der Waals surface area contributed by atoms with Crippen molar-refractivity contribution in [3.8, 4) is 0 Å². The number of anilines is 1. The minimum absolute atomic E-state index is 0.300. The summed E-state index contributed by atoms with van der Waals surface area (Å²) in [6.45, 7) is 2.09. The Kier molecular flexibility index (Phi) is 5.32. The van der Waals surface area contributed by atoms with Crippen LogP contribution in [0.15, 0.2) is 47.3 Å². The van der Waals surface area contributed by atoms with Crippen molar-refractivity contribution in [1.29, 1.82) is 0 Å². The molecule has 2 amide bonds. The minimum Gasteiger partial charge on any atom is -0.472 e. The van der Waals surface area contributed by atoms with Crippen LogP contribution in [0.2, 0.25) is 0 Å². The number of benzene rings is 1. The van der Waals surface area contributed by atoms with E-state index >= 15 is 0 Å². The number of hydrogen-bond acceptors (Lipinski definition) is 4. The van der Waals surface area contributed by atoms with Crippen LogP contribution in [0.1, 0.15) is 22.8 Å². The Balaban J connectivity index is 1.93. The van der Waals surface area contributed by atoms with Gasteiger partial charge in [0.1, 0.15) is 12.3 Å². The van der Waals surface area contributed by atoms with E-state index in [0.29, 0.717) is 17.9 Å². The molecule has 6 nitrogen and oxygen atoms in total. The number of carbonyl (C=O) groups excluding carboxylic acids is 2. The highest BCUT2D eigenvalue weighted by atomic mass is 16.5. The molecule has 0 fully saturated rings. The molecule has 0 aliphatic carbocycles. The molecule has 22 heavy (non-hydrogen) atoms. The van der Waals surface area contributed by atoms with Crippen molar-refractivity contribution in [3.63, 3.8) is 0 Å². The number of amides is 2. The smallest absolute Gasteiger partial charge is 0.255 e. The second-order valence-corrected chi connectivity index (χ2v) is 4.83. The van der Waals surface area contributed by atoms with E-state index in [1.165, 1.54) is 18.6 Å². The number of hydrogen-bond donors (Lipinski definition) is 2. The third-order valence-corrected chi connectivity index (χ3v) is 3.03. The fourth-order valence-electron chi connectivity index (χ4n) is 1.90. The molecule has 1 atom stereocenters. The van der Waals surface area contributed by atoms with E-state index in [9.17, 15) is 9.59 Å². The summed E-state index contributed by atoms with van der Waals surface area (Å²) in [5, 5.41) is 5.36. The summed E-state index contributed by atoms with van der Waals surface area (Å²) in [6, 6.07) is 8.21. The van der Waals surface area contributed by atoms with E-state index in [4.69, 9.17) is 9.15 Å². The van der Waals surface area contributed by atoms with Crippen LogP contribution in [-0.4, -0.2) is 25.0 Å². The van der Waals surface area contributed by atoms with E-state index in [0.717, 1.165) is 5.56 Å². The van der Waals surface area contributed by atoms with Crippen molar-refractivity contribution < 1.29 is 18.7 Å². The lowest BCUT2D eigenvalue weighted by Crippen LogP contribution is -2.41. The Morgan fingerprint density at radius 1 is 1.32 bits per heavy atom. The highest BCUT2D eigenvalue weighted by Crippen LogP contribution is 2.12. The Bertz CT molecular complexity index is 637. The quantitative estimate of drug-likeness (QED) is 0.857. The van der Waals surface area contributed by atoms with E-state index in [-0.39, 0.29) is 11.8 Å². The number of carbonyl (C=O) groups is 2. The summed E-state index contributed by atoms with van der Waals surface area (Å²) in [5.74, 6) is -0.657. The summed E-state index contributed by atoms with van der Waals surface area (Å²) in [7, 11) is 1.61. The predicted molar refractivity (Wildman–Crippen MR) is 81.4 cm³/mol. The molecule has 0 radical (unpaired) electrons. The van der Waals surface area contributed by atoms with Crippen LogP contribution in [0.4, 0.5) is 5.69 Å². The summed E-state index contributed by atoms with van der Waals surface area (Å²) in [6.07, 6.45) is 2.73. The molecule has 2 rings (SSSR count). The van der Waals surface area contributed by atoms with Gasteiger partial charge in [0.2, 0.25) is 5.91 Å². The van der Waals surface area contributed by atoms with Crippen molar-refractivity contribution >= 4 is 17.5 Å². The van der Waals surface area contributed by atoms with Gasteiger partial charge >= 0.3 is 0 Å². The second kappa shape index (κ2) is 7.42. The second-order valence-electron chi connectivity index (χ2n) is 4.83. The lowest BCUT2D eigenvalue weighted by molar-refractivity contribution is -0.117. The molecule has 0 saturated heterocycles. The van der Waals surface area contributed by atoms with Crippen LogP contribution in [0.5, 0.6) is 0 Å². The van der Waals surface area contributed by atoms with Gasteiger partial charge in [0.05, 0.1) is 18.4 Å². The van der Waals surface area contributed by atoms with Gasteiger partial charge in [0.15, 0.2) is 0 Å². The summed E-state index contributed by atoms with van der Waals surface area (Å²) < 4.78 is 9.89. The fraction of sp³-hybridized carbons (Fsp3) is 0.250. The first-order chi connectivity index (χ1) is 10.6. The molecule has 2 aromatic rings. The van der Waals surface area contributed by atoms with Crippen molar-refractivity contribution in [2.75, 3.05) is 12.4 Å². The number of furan rings is 1. The summed E-state index contributed by atoms with van der Waals surface area (Å²) in [4.78, 5) is 24.0. The lowest BCUT2D eigenvalue weighted by Gasteiger charge is -2.14. The zero-order valence-corrected chi connectivity index (χ0v) is 12.5. The van der Waals surface area contributed by atoms with Crippen LogP contribution in [0.25, 0.3) is 0 Å². The third-order valence-electron chi connectivity index (χ3n) is 3.03. The Morgan fingerprint density at radius 2 is 2.14 bits per heavy atom. The molecule has 0 saturated carbocycles. The topological polar surface area (TPSA) is 80.6 Å². The number of nitrogens with one attached hydrogen (secondary N) is 2. The van der Waals surface area contributed by atoms with Crippen LogP contribution < -0.4 is 10.6 Å². The summed E-state index contributed by atoms with van der Waals surface area (Å²) >= 11 is 0. The average molecular weight is 302 g/mol. The summed E-state index contributed by atoms with van der Waals surface area (Å²) in [5.41, 5.74) is 1.99. The van der Waals surface area contributed by atoms with Crippen LogP contribution >= 0.6 is 0 Å². The normalized spacial score (nSPS) is 11.7. The van der Waals surface area contributed by atoms with E-state index < -0.39 is 6.04 Å². The number of rotatable bonds is 6. The molecule has 0 aliphatic rings. The zero-order chi connectivity index (χ0) is 15.9. The van der Waals surface area contributed by atoms with Gasteiger partial charge in [-0.15, -0.1) is 0 Å². The molecular weight excluding hydrogens is 284 g/mol. The standard InChI is InChI=1S/C16H18N2O4/c1-11(17-16(20)13-6-7-22-10-13)15(19)18-14-5-3-4-12(8-14)9-21-2/h3-8,10-11H,9H2,1-2H3,(H,17,20)(H,18,19)/t11-/m1/s1. The number of methoxy groups -OCH3 is 1. The van der Waals surface area contributed by atoms with Crippen LogP contribution in [-0.2, 0) is 16.1 Å². The molecule has 1 heterocycles. The predicted octanol–water partition coefficient (Wildman–Crippen LogP) is 2.18. The van der Waals surface area contributed by atoms with Crippen molar-refractivity contribution in [2.45, 2.75) is 19.6 Å². The zero-order valence-electron chi connectivity index (χ0n) is 12.5. The SMILES string of the molecule is COCc1cccc(NC(=O)[C@@H](C)NC(=O)c2ccoc2)c1. The lowest BCUT2D eigenvalue weighted by atomic mass is 10.2. The van der Waals surface area contributed by atoms with Gasteiger partial charge in [0, 0.05) is 12.8 Å². The van der Waals surface area contributed by atoms with Gasteiger partial charge in [-0.2, -0.15) is 0 Å². The maximum atomic E-state index is 12.1. The molecule has 1 aromatic heterocycles. The maximum Gasteiger partial charge on any atom is 0.255 e. The molecule has 2 N–H and O–H groups in total. The largest absolute Gasteiger partial charge is 0.472 e. The van der Waals surface area contributed by atoms with Crippen LogP contribution in [0.3, 0.4) is 0 Å². The minimum atomic E-state index is -0.673. The highest BCUT2D eigenvalue weighted by molar-refractivity contribution is 6.00. The molecule has 1 aromatic carbocycles. The number of ether oxygens (including phenoxy) is 1.